The van der Waals surface area contributed by atoms with E-state index in [-0.39, 0.29) is 5.56 Å². The lowest BCUT2D eigenvalue weighted by Gasteiger charge is -2.15. The second-order valence-corrected chi connectivity index (χ2v) is 6.55. The Kier molecular flexibility index (Phi) is 8.95. The third-order valence-corrected chi connectivity index (χ3v) is 4.18. The number of guanidine groups is 1. The molecule has 0 aliphatic rings. The van der Waals surface area contributed by atoms with Gasteiger partial charge in [-0.3, -0.25) is 9.79 Å². The molecule has 2 rings (SSSR count). The van der Waals surface area contributed by atoms with E-state index in [1.165, 1.54) is 12.1 Å². The van der Waals surface area contributed by atoms with Crippen molar-refractivity contribution in [1.82, 2.24) is 16.0 Å². The zero-order chi connectivity index (χ0) is 21.1. The molecule has 0 heterocycles. The van der Waals surface area contributed by atoms with Crippen LogP contribution in [0.5, 0.6) is 5.75 Å². The van der Waals surface area contributed by atoms with Gasteiger partial charge >= 0.3 is 0 Å². The van der Waals surface area contributed by atoms with E-state index in [0.717, 1.165) is 23.3 Å². The van der Waals surface area contributed by atoms with Crippen molar-refractivity contribution in [1.29, 1.82) is 0 Å². The highest BCUT2D eigenvalue weighted by molar-refractivity contribution is 5.94. The second-order valence-electron chi connectivity index (χ2n) is 6.55. The maximum Gasteiger partial charge on any atom is 0.254 e. The van der Waals surface area contributed by atoms with Crippen LogP contribution in [0.25, 0.3) is 0 Å². The molecule has 0 spiro atoms. The molecule has 0 saturated heterocycles. The third-order valence-electron chi connectivity index (χ3n) is 4.18. The minimum absolute atomic E-state index is 0.0361. The molecule has 29 heavy (non-hydrogen) atoms. The summed E-state index contributed by atoms with van der Waals surface area (Å²) < 4.78 is 19.4. The number of carbonyl (C=O) groups excluding carboxylic acids is 1. The first-order valence-electron chi connectivity index (χ1n) is 9.74. The van der Waals surface area contributed by atoms with Crippen molar-refractivity contribution in [2.45, 2.75) is 26.8 Å². The van der Waals surface area contributed by atoms with Gasteiger partial charge in [0.15, 0.2) is 5.96 Å². The standard InChI is InChI=1S/C22H29FN4O2/c1-4-13-29-20-14-16(2)9-10-17(20)15-27-22(24-3)26-12-11-25-21(28)18-7-5-6-8-19(18)23/h5-10,14H,4,11-13,15H2,1-3H3,(H,25,28)(H2,24,26,27). The van der Waals surface area contributed by atoms with Crippen LogP contribution in [0.15, 0.2) is 47.5 Å². The van der Waals surface area contributed by atoms with Crippen LogP contribution in [-0.4, -0.2) is 38.6 Å². The molecule has 0 aromatic heterocycles. The average Bonchev–Trinajstić information content (AvgIpc) is 2.72. The van der Waals surface area contributed by atoms with E-state index in [0.29, 0.717) is 32.2 Å². The minimum atomic E-state index is -0.533. The lowest BCUT2D eigenvalue weighted by molar-refractivity contribution is 0.0950. The van der Waals surface area contributed by atoms with Crippen LogP contribution in [0.4, 0.5) is 4.39 Å². The number of hydrogen-bond donors (Lipinski definition) is 3. The maximum atomic E-state index is 13.6. The van der Waals surface area contributed by atoms with Crippen molar-refractivity contribution in [3.63, 3.8) is 0 Å². The Bertz CT molecular complexity index is 839. The predicted octanol–water partition coefficient (Wildman–Crippen LogP) is 3.02. The molecule has 0 atom stereocenters. The molecule has 0 aliphatic carbocycles. The van der Waals surface area contributed by atoms with Crippen molar-refractivity contribution < 1.29 is 13.9 Å². The van der Waals surface area contributed by atoms with Crippen molar-refractivity contribution >= 4 is 11.9 Å². The van der Waals surface area contributed by atoms with Crippen LogP contribution in [-0.2, 0) is 6.54 Å². The smallest absolute Gasteiger partial charge is 0.254 e. The number of hydrogen-bond acceptors (Lipinski definition) is 3. The predicted molar refractivity (Wildman–Crippen MR) is 114 cm³/mol. The van der Waals surface area contributed by atoms with E-state index in [1.54, 1.807) is 19.2 Å². The van der Waals surface area contributed by atoms with Gasteiger partial charge in [-0.05, 0) is 37.1 Å². The molecule has 0 saturated carbocycles. The molecular weight excluding hydrogens is 371 g/mol. The summed E-state index contributed by atoms with van der Waals surface area (Å²) in [7, 11) is 1.68. The van der Waals surface area contributed by atoms with Crippen LogP contribution < -0.4 is 20.7 Å². The molecule has 6 nitrogen and oxygen atoms in total. The highest BCUT2D eigenvalue weighted by Crippen LogP contribution is 2.20. The zero-order valence-electron chi connectivity index (χ0n) is 17.2. The van der Waals surface area contributed by atoms with E-state index in [9.17, 15) is 9.18 Å². The Hall–Kier alpha value is -3.09. The van der Waals surface area contributed by atoms with Gasteiger partial charge in [0, 0.05) is 32.2 Å². The summed E-state index contributed by atoms with van der Waals surface area (Å²) in [5.74, 6) is 0.499. The SMILES string of the molecule is CCCOc1cc(C)ccc1CNC(=NC)NCCNC(=O)c1ccccc1F. The number of rotatable bonds is 9. The maximum absolute atomic E-state index is 13.6. The van der Waals surface area contributed by atoms with Crippen molar-refractivity contribution in [3.8, 4) is 5.75 Å². The highest BCUT2D eigenvalue weighted by atomic mass is 19.1. The van der Waals surface area contributed by atoms with Crippen LogP contribution >= 0.6 is 0 Å². The number of amides is 1. The Balaban J connectivity index is 1.80. The number of ether oxygens (including phenoxy) is 1. The molecule has 0 bridgehead atoms. The monoisotopic (exact) mass is 400 g/mol. The minimum Gasteiger partial charge on any atom is -0.493 e. The summed E-state index contributed by atoms with van der Waals surface area (Å²) in [6.45, 7) is 6.12. The molecule has 0 aliphatic heterocycles. The lowest BCUT2D eigenvalue weighted by Crippen LogP contribution is -2.41. The van der Waals surface area contributed by atoms with Crippen LogP contribution in [0, 0.1) is 12.7 Å². The Morgan fingerprint density at radius 3 is 2.59 bits per heavy atom. The Morgan fingerprint density at radius 2 is 1.86 bits per heavy atom. The van der Waals surface area contributed by atoms with Gasteiger partial charge in [0.25, 0.3) is 5.91 Å². The van der Waals surface area contributed by atoms with E-state index in [4.69, 9.17) is 4.74 Å². The number of aryl methyl sites for hydroxylation is 1. The van der Waals surface area contributed by atoms with Crippen molar-refractivity contribution in [2.24, 2.45) is 4.99 Å². The number of nitrogens with zero attached hydrogens (tertiary/aromatic N) is 1. The van der Waals surface area contributed by atoms with Gasteiger partial charge in [-0.15, -0.1) is 0 Å². The van der Waals surface area contributed by atoms with Gasteiger partial charge in [0.05, 0.1) is 12.2 Å². The van der Waals surface area contributed by atoms with Gasteiger partial charge < -0.3 is 20.7 Å². The molecule has 0 radical (unpaired) electrons. The van der Waals surface area contributed by atoms with Crippen molar-refractivity contribution in [2.75, 3.05) is 26.7 Å². The molecular formula is C22H29FN4O2. The lowest BCUT2D eigenvalue weighted by atomic mass is 10.1. The quantitative estimate of drug-likeness (QED) is 0.344. The van der Waals surface area contributed by atoms with Crippen LogP contribution in [0.1, 0.15) is 34.8 Å². The van der Waals surface area contributed by atoms with Gasteiger partial charge in [-0.25, -0.2) is 4.39 Å². The first-order chi connectivity index (χ1) is 14.0. The molecule has 3 N–H and O–H groups in total. The number of benzene rings is 2. The normalized spacial score (nSPS) is 11.1. The Morgan fingerprint density at radius 1 is 1.10 bits per heavy atom. The highest BCUT2D eigenvalue weighted by Gasteiger charge is 2.10. The zero-order valence-corrected chi connectivity index (χ0v) is 17.2. The molecule has 156 valence electrons. The topological polar surface area (TPSA) is 74.8 Å². The first kappa shape index (κ1) is 22.2. The molecule has 2 aromatic carbocycles. The molecule has 7 heteroatoms. The summed E-state index contributed by atoms with van der Waals surface area (Å²) in [6, 6.07) is 12.0. The van der Waals surface area contributed by atoms with E-state index in [1.807, 2.05) is 25.1 Å². The van der Waals surface area contributed by atoms with Gasteiger partial charge in [0.2, 0.25) is 0 Å². The number of halogens is 1. The fourth-order valence-electron chi connectivity index (χ4n) is 2.65. The Labute approximate surface area is 171 Å². The largest absolute Gasteiger partial charge is 0.493 e. The van der Waals surface area contributed by atoms with Crippen molar-refractivity contribution in [3.05, 3.63) is 65.0 Å². The van der Waals surface area contributed by atoms with Crippen LogP contribution in [0.2, 0.25) is 0 Å². The van der Waals surface area contributed by atoms with Gasteiger partial charge in [-0.1, -0.05) is 31.2 Å². The second kappa shape index (κ2) is 11.7. The van der Waals surface area contributed by atoms with E-state index in [2.05, 4.69) is 27.9 Å². The molecule has 2 aromatic rings. The van der Waals surface area contributed by atoms with Gasteiger partial charge in [-0.2, -0.15) is 0 Å². The van der Waals surface area contributed by atoms with Gasteiger partial charge in [0.1, 0.15) is 11.6 Å². The fraction of sp³-hybridized carbons (Fsp3) is 0.364. The first-order valence-corrected chi connectivity index (χ1v) is 9.74. The summed E-state index contributed by atoms with van der Waals surface area (Å²) in [5, 5.41) is 9.05. The fourth-order valence-corrected chi connectivity index (χ4v) is 2.65. The van der Waals surface area contributed by atoms with E-state index < -0.39 is 11.7 Å². The summed E-state index contributed by atoms with van der Waals surface area (Å²) >= 11 is 0. The summed E-state index contributed by atoms with van der Waals surface area (Å²) in [5.41, 5.74) is 2.22. The number of nitrogens with one attached hydrogen (secondary N) is 3. The molecule has 0 unspecified atom stereocenters. The molecule has 0 fully saturated rings. The average molecular weight is 400 g/mol. The number of aliphatic imine (C=N–C) groups is 1. The summed E-state index contributed by atoms with van der Waals surface area (Å²) in [4.78, 5) is 16.2. The molecule has 1 amide bonds. The third kappa shape index (κ3) is 7.10. The van der Waals surface area contributed by atoms with Crippen LogP contribution in [0.3, 0.4) is 0 Å². The summed E-state index contributed by atoms with van der Waals surface area (Å²) in [6.07, 6.45) is 0.947. The van der Waals surface area contributed by atoms with E-state index >= 15 is 0 Å². The number of carbonyl (C=O) groups is 1.